The molecule has 0 fully saturated rings. The van der Waals surface area contributed by atoms with Crippen LogP contribution in [0.2, 0.25) is 0 Å². The number of hydrogen-bond acceptors (Lipinski definition) is 3. The van der Waals surface area contributed by atoms with Crippen LogP contribution >= 0.6 is 0 Å². The Balaban J connectivity index is 2.02. The van der Waals surface area contributed by atoms with Gasteiger partial charge in [-0.25, -0.2) is 0 Å². The van der Waals surface area contributed by atoms with Gasteiger partial charge in [0, 0.05) is 17.6 Å². The van der Waals surface area contributed by atoms with E-state index in [0.29, 0.717) is 0 Å². The molecule has 0 aliphatic carbocycles. The first-order valence-corrected chi connectivity index (χ1v) is 6.82. The lowest BCUT2D eigenvalue weighted by Gasteiger charge is -2.16. The lowest BCUT2D eigenvalue weighted by molar-refractivity contribution is -0.136. The Morgan fingerprint density at radius 2 is 1.86 bits per heavy atom. The minimum absolute atomic E-state index is 0.0767. The number of carbonyl (C=O) groups excluding carboxylic acids is 1. The van der Waals surface area contributed by atoms with Crippen LogP contribution in [0.15, 0.2) is 42.5 Å². The molecule has 0 bridgehead atoms. The monoisotopic (exact) mass is 286 g/mol. The summed E-state index contributed by atoms with van der Waals surface area (Å²) in [7, 11) is 0. The van der Waals surface area contributed by atoms with Crippen LogP contribution in [0.3, 0.4) is 0 Å². The van der Waals surface area contributed by atoms with Gasteiger partial charge in [0.25, 0.3) is 0 Å². The number of amides is 1. The average molecular weight is 286 g/mol. The molecule has 2 aromatic rings. The molecule has 1 amide bonds. The van der Waals surface area contributed by atoms with Crippen LogP contribution in [0, 0.1) is 0 Å². The van der Waals surface area contributed by atoms with Crippen molar-refractivity contribution in [3.63, 3.8) is 0 Å². The van der Waals surface area contributed by atoms with Crippen molar-refractivity contribution in [2.75, 3.05) is 11.9 Å². The molecule has 21 heavy (non-hydrogen) atoms. The van der Waals surface area contributed by atoms with E-state index in [1.807, 2.05) is 42.5 Å². The van der Waals surface area contributed by atoms with Crippen LogP contribution in [0.4, 0.5) is 5.69 Å². The molecule has 0 aromatic heterocycles. The van der Waals surface area contributed by atoms with E-state index in [4.69, 9.17) is 5.11 Å². The zero-order valence-corrected chi connectivity index (χ0v) is 11.8. The van der Waals surface area contributed by atoms with E-state index in [2.05, 4.69) is 10.6 Å². The van der Waals surface area contributed by atoms with Crippen molar-refractivity contribution in [1.82, 2.24) is 5.32 Å². The number of anilines is 1. The van der Waals surface area contributed by atoms with Crippen LogP contribution in [0.5, 0.6) is 0 Å². The maximum atomic E-state index is 11.9. The number of nitrogens with one attached hydrogen (secondary N) is 2. The Morgan fingerprint density at radius 3 is 2.62 bits per heavy atom. The third-order valence-electron chi connectivity index (χ3n) is 3.19. The molecule has 0 saturated carbocycles. The SMILES string of the molecule is C[C@H](Nc1cccc2ccccc12)C(=O)NCCC(=O)O. The second-order valence-electron chi connectivity index (χ2n) is 4.83. The Morgan fingerprint density at radius 1 is 1.14 bits per heavy atom. The van der Waals surface area contributed by atoms with Crippen molar-refractivity contribution in [2.24, 2.45) is 0 Å². The summed E-state index contributed by atoms with van der Waals surface area (Å²) in [6.45, 7) is 1.88. The standard InChI is InChI=1S/C16H18N2O3/c1-11(16(21)17-10-9-15(19)20)18-14-8-4-6-12-5-2-3-7-13(12)14/h2-8,11,18H,9-10H2,1H3,(H,17,21)(H,19,20)/t11-/m0/s1. The average Bonchev–Trinajstić information content (AvgIpc) is 2.47. The van der Waals surface area contributed by atoms with Crippen LogP contribution in [-0.4, -0.2) is 29.6 Å². The molecule has 2 rings (SSSR count). The van der Waals surface area contributed by atoms with E-state index in [9.17, 15) is 9.59 Å². The van der Waals surface area contributed by atoms with E-state index in [1.54, 1.807) is 6.92 Å². The third kappa shape index (κ3) is 3.95. The van der Waals surface area contributed by atoms with E-state index < -0.39 is 12.0 Å². The first-order valence-electron chi connectivity index (χ1n) is 6.82. The van der Waals surface area contributed by atoms with Gasteiger partial charge in [-0.3, -0.25) is 9.59 Å². The van der Waals surface area contributed by atoms with Crippen molar-refractivity contribution in [3.8, 4) is 0 Å². The topological polar surface area (TPSA) is 78.4 Å². The molecule has 0 spiro atoms. The number of carboxylic acid groups (broad SMARTS) is 1. The molecule has 3 N–H and O–H groups in total. The lowest BCUT2D eigenvalue weighted by Crippen LogP contribution is -2.38. The fourth-order valence-corrected chi connectivity index (χ4v) is 2.10. The van der Waals surface area contributed by atoms with Gasteiger partial charge >= 0.3 is 5.97 Å². The van der Waals surface area contributed by atoms with E-state index >= 15 is 0 Å². The highest BCUT2D eigenvalue weighted by Gasteiger charge is 2.13. The van der Waals surface area contributed by atoms with Crippen molar-refractivity contribution in [1.29, 1.82) is 0 Å². The predicted molar refractivity (Wildman–Crippen MR) is 82.3 cm³/mol. The zero-order valence-electron chi connectivity index (χ0n) is 11.8. The van der Waals surface area contributed by atoms with Crippen LogP contribution < -0.4 is 10.6 Å². The molecule has 1 atom stereocenters. The molecule has 0 heterocycles. The summed E-state index contributed by atoms with van der Waals surface area (Å²) in [5.41, 5.74) is 0.883. The Labute approximate surface area is 123 Å². The summed E-state index contributed by atoms with van der Waals surface area (Å²) in [6.07, 6.45) is -0.0767. The lowest BCUT2D eigenvalue weighted by atomic mass is 10.1. The van der Waals surface area contributed by atoms with Gasteiger partial charge in [0.05, 0.1) is 6.42 Å². The van der Waals surface area contributed by atoms with Gasteiger partial charge in [-0.1, -0.05) is 36.4 Å². The van der Waals surface area contributed by atoms with Gasteiger partial charge in [-0.05, 0) is 18.4 Å². The Kier molecular flexibility index (Phi) is 4.77. The molecule has 0 radical (unpaired) electrons. The fourth-order valence-electron chi connectivity index (χ4n) is 2.10. The molecular weight excluding hydrogens is 268 g/mol. The van der Waals surface area contributed by atoms with Gasteiger partial charge in [-0.15, -0.1) is 0 Å². The second-order valence-corrected chi connectivity index (χ2v) is 4.83. The van der Waals surface area contributed by atoms with E-state index in [-0.39, 0.29) is 18.9 Å². The zero-order chi connectivity index (χ0) is 15.2. The van der Waals surface area contributed by atoms with Gasteiger partial charge in [0.1, 0.15) is 6.04 Å². The molecule has 0 aliphatic heterocycles. The minimum Gasteiger partial charge on any atom is -0.481 e. The molecule has 110 valence electrons. The quantitative estimate of drug-likeness (QED) is 0.761. The van der Waals surface area contributed by atoms with Crippen LogP contribution in [0.1, 0.15) is 13.3 Å². The number of rotatable bonds is 6. The number of carboxylic acids is 1. The molecule has 0 unspecified atom stereocenters. The van der Waals surface area contributed by atoms with E-state index in [0.717, 1.165) is 16.5 Å². The Bertz CT molecular complexity index is 650. The highest BCUT2D eigenvalue weighted by molar-refractivity contribution is 5.95. The van der Waals surface area contributed by atoms with Gasteiger partial charge in [0.2, 0.25) is 5.91 Å². The molecule has 0 aliphatic rings. The number of fused-ring (bicyclic) bond motifs is 1. The Hall–Kier alpha value is -2.56. The molecule has 2 aromatic carbocycles. The van der Waals surface area contributed by atoms with Crippen molar-refractivity contribution >= 4 is 28.3 Å². The summed E-state index contributed by atoms with van der Waals surface area (Å²) in [4.78, 5) is 22.3. The number of hydrogen-bond donors (Lipinski definition) is 3. The summed E-state index contributed by atoms with van der Waals surface area (Å²) >= 11 is 0. The largest absolute Gasteiger partial charge is 0.481 e. The van der Waals surface area contributed by atoms with Crippen molar-refractivity contribution in [2.45, 2.75) is 19.4 Å². The third-order valence-corrected chi connectivity index (χ3v) is 3.19. The summed E-state index contributed by atoms with van der Waals surface area (Å²) in [5, 5.41) is 16.5. The highest BCUT2D eigenvalue weighted by Crippen LogP contribution is 2.23. The van der Waals surface area contributed by atoms with Gasteiger partial charge in [-0.2, -0.15) is 0 Å². The van der Waals surface area contributed by atoms with Gasteiger partial charge in [0.15, 0.2) is 0 Å². The summed E-state index contributed by atoms with van der Waals surface area (Å²) < 4.78 is 0. The highest BCUT2D eigenvalue weighted by atomic mass is 16.4. The number of benzene rings is 2. The first kappa shape index (κ1) is 14.8. The summed E-state index contributed by atoms with van der Waals surface area (Å²) in [6, 6.07) is 13.3. The molecule has 5 nitrogen and oxygen atoms in total. The molecule has 0 saturated heterocycles. The molecular formula is C16H18N2O3. The van der Waals surface area contributed by atoms with Crippen molar-refractivity contribution < 1.29 is 14.7 Å². The maximum Gasteiger partial charge on any atom is 0.305 e. The normalized spacial score (nSPS) is 11.9. The van der Waals surface area contributed by atoms with Crippen LogP contribution in [0.25, 0.3) is 10.8 Å². The molecule has 5 heteroatoms. The number of carbonyl (C=O) groups is 2. The van der Waals surface area contributed by atoms with E-state index in [1.165, 1.54) is 0 Å². The maximum absolute atomic E-state index is 11.9. The second kappa shape index (κ2) is 6.74. The van der Waals surface area contributed by atoms with Crippen LogP contribution in [-0.2, 0) is 9.59 Å². The first-order chi connectivity index (χ1) is 10.1. The predicted octanol–water partition coefficient (Wildman–Crippen LogP) is 2.23. The smallest absolute Gasteiger partial charge is 0.305 e. The fraction of sp³-hybridized carbons (Fsp3) is 0.250. The summed E-state index contributed by atoms with van der Waals surface area (Å²) in [5.74, 6) is -1.14. The number of aliphatic carboxylic acids is 1. The van der Waals surface area contributed by atoms with Crippen molar-refractivity contribution in [3.05, 3.63) is 42.5 Å². The van der Waals surface area contributed by atoms with Gasteiger partial charge < -0.3 is 15.7 Å². The minimum atomic E-state index is -0.926.